The van der Waals surface area contributed by atoms with Gasteiger partial charge in [-0.2, -0.15) is 0 Å². The lowest BCUT2D eigenvalue weighted by atomic mass is 10.1. The van der Waals surface area contributed by atoms with Crippen LogP contribution in [0.5, 0.6) is 0 Å². The normalized spacial score (nSPS) is 14.4. The highest BCUT2D eigenvalue weighted by atomic mass is 19.0. The molecule has 0 N–H and O–H groups in total. The minimum atomic E-state index is 0. The molecule has 0 amide bonds. The molecule has 0 fully saturated rings. The van der Waals surface area contributed by atoms with Gasteiger partial charge in [0.25, 0.3) is 0 Å². The van der Waals surface area contributed by atoms with Crippen LogP contribution in [-0.4, -0.2) is 18.0 Å². The van der Waals surface area contributed by atoms with Crippen molar-refractivity contribution in [3.8, 4) is 0 Å². The molecule has 0 bridgehead atoms. The highest BCUT2D eigenvalue weighted by molar-refractivity contribution is 5.06. The Labute approximate surface area is 119 Å². The molecule has 1 nitrogen and oxygen atoms in total. The Morgan fingerprint density at radius 2 is 1.47 bits per heavy atom. The van der Waals surface area contributed by atoms with E-state index in [-0.39, 0.29) is 4.70 Å². The summed E-state index contributed by atoms with van der Waals surface area (Å²) >= 11 is 0. The monoisotopic (exact) mass is 271 g/mol. The lowest BCUT2D eigenvalue weighted by Gasteiger charge is -2.14. The zero-order chi connectivity index (χ0) is 13.1. The summed E-state index contributed by atoms with van der Waals surface area (Å²) in [5.74, 6) is 0. The largest absolute Gasteiger partial charge is 0.377 e. The third kappa shape index (κ3) is 9.07. The predicted molar refractivity (Wildman–Crippen MR) is 84.3 cm³/mol. The molecule has 0 aromatic heterocycles. The van der Waals surface area contributed by atoms with E-state index in [1.165, 1.54) is 83.7 Å². The van der Waals surface area contributed by atoms with Crippen LogP contribution in [0.25, 0.3) is 0 Å². The molecule has 0 atom stereocenters. The fourth-order valence-corrected chi connectivity index (χ4v) is 2.74. The fraction of sp³-hybridized carbons (Fsp3) is 0.882. The third-order valence-corrected chi connectivity index (χ3v) is 4.09. The zero-order valence-corrected chi connectivity index (χ0v) is 13.1. The molecular formula is C17H34FN. The molecule has 0 aromatic rings. The van der Waals surface area contributed by atoms with Crippen molar-refractivity contribution in [1.82, 2.24) is 4.90 Å². The van der Waals surface area contributed by atoms with Crippen LogP contribution in [-0.2, 0) is 0 Å². The van der Waals surface area contributed by atoms with E-state index in [1.54, 1.807) is 5.57 Å². The van der Waals surface area contributed by atoms with Gasteiger partial charge in [-0.15, -0.1) is 0 Å². The first-order valence-electron chi connectivity index (χ1n) is 8.30. The Morgan fingerprint density at radius 3 is 2.00 bits per heavy atom. The SMILES string of the molecule is CCCCCCCCCCCN1C=C(CC)CC1.F. The van der Waals surface area contributed by atoms with Crippen LogP contribution >= 0.6 is 0 Å². The molecule has 0 saturated carbocycles. The maximum absolute atomic E-state index is 2.53. The van der Waals surface area contributed by atoms with Crippen molar-refractivity contribution in [2.45, 2.75) is 84.5 Å². The second-order valence-corrected chi connectivity index (χ2v) is 5.76. The Kier molecular flexibility index (Phi) is 12.2. The Morgan fingerprint density at radius 1 is 0.895 bits per heavy atom. The molecule has 114 valence electrons. The molecule has 0 aliphatic carbocycles. The van der Waals surface area contributed by atoms with Gasteiger partial charge < -0.3 is 4.90 Å². The smallest absolute Gasteiger partial charge is 0.0210 e. The van der Waals surface area contributed by atoms with Gasteiger partial charge in [0.2, 0.25) is 0 Å². The van der Waals surface area contributed by atoms with E-state index >= 15 is 0 Å². The molecule has 1 aliphatic rings. The second kappa shape index (κ2) is 12.5. The van der Waals surface area contributed by atoms with Crippen molar-refractivity contribution >= 4 is 0 Å². The topological polar surface area (TPSA) is 3.24 Å². The van der Waals surface area contributed by atoms with E-state index in [2.05, 4.69) is 24.9 Å². The van der Waals surface area contributed by atoms with Crippen molar-refractivity contribution in [3.05, 3.63) is 11.8 Å². The van der Waals surface area contributed by atoms with Gasteiger partial charge in [-0.1, -0.05) is 70.8 Å². The Bertz CT molecular complexity index is 225. The summed E-state index contributed by atoms with van der Waals surface area (Å²) in [5, 5.41) is 0. The molecule has 1 heterocycles. The third-order valence-electron chi connectivity index (χ3n) is 4.09. The van der Waals surface area contributed by atoms with Crippen LogP contribution in [0.15, 0.2) is 11.8 Å². The van der Waals surface area contributed by atoms with E-state index in [4.69, 9.17) is 0 Å². The molecular weight excluding hydrogens is 237 g/mol. The molecule has 0 unspecified atom stereocenters. The summed E-state index contributed by atoms with van der Waals surface area (Å²) < 4.78 is 0. The number of hydrogen-bond donors (Lipinski definition) is 0. The lowest BCUT2D eigenvalue weighted by molar-refractivity contribution is 0.387. The van der Waals surface area contributed by atoms with Crippen LogP contribution < -0.4 is 0 Å². The van der Waals surface area contributed by atoms with Gasteiger partial charge in [0.1, 0.15) is 0 Å². The molecule has 0 aromatic carbocycles. The van der Waals surface area contributed by atoms with Gasteiger partial charge in [0, 0.05) is 13.1 Å². The van der Waals surface area contributed by atoms with E-state index in [9.17, 15) is 0 Å². The number of halogens is 1. The van der Waals surface area contributed by atoms with E-state index in [1.807, 2.05) is 0 Å². The average Bonchev–Trinajstić information content (AvgIpc) is 2.85. The first-order chi connectivity index (χ1) is 8.86. The zero-order valence-electron chi connectivity index (χ0n) is 13.1. The standard InChI is InChI=1S/C17H33N.FH/c1-3-5-6-7-8-9-10-11-12-14-18-15-13-17(4-2)16-18;/h16H,3-15H2,1-2H3;1H. The van der Waals surface area contributed by atoms with Gasteiger partial charge in [-0.05, 0) is 25.5 Å². The van der Waals surface area contributed by atoms with Crippen LogP contribution in [0, 0.1) is 0 Å². The van der Waals surface area contributed by atoms with Crippen molar-refractivity contribution in [3.63, 3.8) is 0 Å². The number of hydrogen-bond acceptors (Lipinski definition) is 1. The maximum Gasteiger partial charge on any atom is 0.0210 e. The Balaban J connectivity index is 0.00000324. The van der Waals surface area contributed by atoms with Crippen molar-refractivity contribution in [2.24, 2.45) is 0 Å². The van der Waals surface area contributed by atoms with Crippen LogP contribution in [0.1, 0.15) is 84.5 Å². The molecule has 0 radical (unpaired) electrons. The first-order valence-corrected chi connectivity index (χ1v) is 8.30. The summed E-state index contributed by atoms with van der Waals surface area (Å²) in [4.78, 5) is 2.53. The van der Waals surface area contributed by atoms with Crippen LogP contribution in [0.2, 0.25) is 0 Å². The predicted octanol–water partition coefficient (Wildman–Crippen LogP) is 5.67. The van der Waals surface area contributed by atoms with Gasteiger partial charge >= 0.3 is 0 Å². The van der Waals surface area contributed by atoms with Gasteiger partial charge in [-0.3, -0.25) is 4.70 Å². The molecule has 1 aliphatic heterocycles. The van der Waals surface area contributed by atoms with E-state index in [0.717, 1.165) is 0 Å². The minimum absolute atomic E-state index is 0. The second-order valence-electron chi connectivity index (χ2n) is 5.76. The number of rotatable bonds is 11. The van der Waals surface area contributed by atoms with Crippen LogP contribution in [0.4, 0.5) is 4.70 Å². The van der Waals surface area contributed by atoms with E-state index < -0.39 is 0 Å². The average molecular weight is 271 g/mol. The lowest BCUT2D eigenvalue weighted by Crippen LogP contribution is -2.15. The highest BCUT2D eigenvalue weighted by Gasteiger charge is 2.09. The highest BCUT2D eigenvalue weighted by Crippen LogP contribution is 2.17. The van der Waals surface area contributed by atoms with Crippen molar-refractivity contribution in [2.75, 3.05) is 13.1 Å². The number of nitrogens with zero attached hydrogens (tertiary/aromatic N) is 1. The molecule has 1 rings (SSSR count). The molecule has 0 spiro atoms. The molecule has 0 saturated heterocycles. The summed E-state index contributed by atoms with van der Waals surface area (Å²) in [6.07, 6.45) is 17.9. The van der Waals surface area contributed by atoms with Crippen molar-refractivity contribution in [1.29, 1.82) is 0 Å². The summed E-state index contributed by atoms with van der Waals surface area (Å²) in [6, 6.07) is 0. The van der Waals surface area contributed by atoms with Gasteiger partial charge in [0.05, 0.1) is 0 Å². The van der Waals surface area contributed by atoms with E-state index in [0.29, 0.717) is 0 Å². The van der Waals surface area contributed by atoms with Crippen molar-refractivity contribution < 1.29 is 4.70 Å². The van der Waals surface area contributed by atoms with Gasteiger partial charge in [0.15, 0.2) is 0 Å². The fourth-order valence-electron chi connectivity index (χ4n) is 2.74. The number of unbranched alkanes of at least 4 members (excludes halogenated alkanes) is 8. The minimum Gasteiger partial charge on any atom is -0.377 e. The Hall–Kier alpha value is -0.530. The molecule has 2 heteroatoms. The quantitative estimate of drug-likeness (QED) is 0.438. The maximum atomic E-state index is 2.53. The summed E-state index contributed by atoms with van der Waals surface area (Å²) in [7, 11) is 0. The van der Waals surface area contributed by atoms with Gasteiger partial charge in [-0.25, -0.2) is 0 Å². The first kappa shape index (κ1) is 18.5. The summed E-state index contributed by atoms with van der Waals surface area (Å²) in [6.45, 7) is 7.13. The van der Waals surface area contributed by atoms with Crippen LogP contribution in [0.3, 0.4) is 0 Å². The molecule has 19 heavy (non-hydrogen) atoms. The summed E-state index contributed by atoms with van der Waals surface area (Å²) in [5.41, 5.74) is 1.64.